The van der Waals surface area contributed by atoms with Crippen molar-refractivity contribution in [1.82, 2.24) is 5.32 Å². The molecule has 0 saturated carbocycles. The van der Waals surface area contributed by atoms with Gasteiger partial charge in [-0.15, -0.1) is 0 Å². The molecule has 2 heterocycles. The van der Waals surface area contributed by atoms with Crippen LogP contribution in [0.25, 0.3) is 0 Å². The maximum absolute atomic E-state index is 12.8. The minimum absolute atomic E-state index is 0.0433. The van der Waals surface area contributed by atoms with Gasteiger partial charge in [0, 0.05) is 19.1 Å². The SMILES string of the molecule is O=C(NC1CCOC(c2ccccc2)C1)C1=NN(c2ccccc2)C(C(=O)O)C1. The second-order valence-electron chi connectivity index (χ2n) is 7.25. The Hall–Kier alpha value is -3.19. The molecule has 7 heteroatoms. The standard InChI is InChI=1S/C22H23N3O4/c26-21(23-16-11-12-29-20(13-16)15-7-3-1-4-8-15)18-14-19(22(27)28)25(24-18)17-9-5-2-6-10-17/h1-10,16,19-20H,11-14H2,(H,23,26)(H,27,28). The number of anilines is 1. The highest BCUT2D eigenvalue weighted by Gasteiger charge is 2.37. The lowest BCUT2D eigenvalue weighted by Crippen LogP contribution is -2.43. The topological polar surface area (TPSA) is 91.2 Å². The minimum Gasteiger partial charge on any atom is -0.480 e. The quantitative estimate of drug-likeness (QED) is 0.815. The Labute approximate surface area is 169 Å². The smallest absolute Gasteiger partial charge is 0.328 e. The number of carboxylic acids is 1. The van der Waals surface area contributed by atoms with Crippen LogP contribution in [0.5, 0.6) is 0 Å². The number of hydrazone groups is 1. The molecule has 4 rings (SSSR count). The highest BCUT2D eigenvalue weighted by molar-refractivity contribution is 6.40. The molecule has 2 aromatic rings. The first-order valence-electron chi connectivity index (χ1n) is 9.74. The fourth-order valence-electron chi connectivity index (χ4n) is 3.76. The van der Waals surface area contributed by atoms with Gasteiger partial charge in [0.2, 0.25) is 0 Å². The molecule has 3 atom stereocenters. The van der Waals surface area contributed by atoms with E-state index >= 15 is 0 Å². The van der Waals surface area contributed by atoms with E-state index in [1.54, 1.807) is 12.1 Å². The fourth-order valence-corrected chi connectivity index (χ4v) is 3.76. The number of carboxylic acid groups (broad SMARTS) is 1. The molecule has 2 aliphatic heterocycles. The molecule has 0 bridgehead atoms. The van der Waals surface area contributed by atoms with Gasteiger partial charge in [-0.25, -0.2) is 4.79 Å². The summed E-state index contributed by atoms with van der Waals surface area (Å²) in [6.45, 7) is 0.560. The molecule has 0 radical (unpaired) electrons. The Morgan fingerprint density at radius 1 is 1.07 bits per heavy atom. The number of nitrogens with one attached hydrogen (secondary N) is 1. The van der Waals surface area contributed by atoms with Crippen LogP contribution in [0.1, 0.15) is 30.9 Å². The van der Waals surface area contributed by atoms with E-state index in [1.807, 2.05) is 48.5 Å². The van der Waals surface area contributed by atoms with Crippen LogP contribution in [-0.2, 0) is 14.3 Å². The summed E-state index contributed by atoms with van der Waals surface area (Å²) in [5.74, 6) is -1.32. The number of para-hydroxylation sites is 1. The molecule has 0 aliphatic carbocycles. The first-order chi connectivity index (χ1) is 14.1. The summed E-state index contributed by atoms with van der Waals surface area (Å²) in [5.41, 5.74) is 1.98. The minimum atomic E-state index is -1.00. The number of nitrogens with zero attached hydrogens (tertiary/aromatic N) is 2. The van der Waals surface area contributed by atoms with Crippen molar-refractivity contribution in [3.63, 3.8) is 0 Å². The van der Waals surface area contributed by atoms with Gasteiger partial charge in [0.05, 0.1) is 11.8 Å². The van der Waals surface area contributed by atoms with Crippen molar-refractivity contribution in [2.24, 2.45) is 5.10 Å². The molecule has 3 unspecified atom stereocenters. The summed E-state index contributed by atoms with van der Waals surface area (Å²) in [6.07, 6.45) is 1.40. The van der Waals surface area contributed by atoms with Gasteiger partial charge in [0.25, 0.3) is 5.91 Å². The number of amides is 1. The average Bonchev–Trinajstić information content (AvgIpc) is 3.21. The number of carbonyl (C=O) groups is 2. The lowest BCUT2D eigenvalue weighted by molar-refractivity contribution is -0.138. The van der Waals surface area contributed by atoms with Gasteiger partial charge < -0.3 is 15.2 Å². The monoisotopic (exact) mass is 393 g/mol. The molecule has 1 saturated heterocycles. The van der Waals surface area contributed by atoms with Crippen LogP contribution in [-0.4, -0.2) is 41.4 Å². The van der Waals surface area contributed by atoms with Crippen molar-refractivity contribution >= 4 is 23.3 Å². The fraction of sp³-hybridized carbons (Fsp3) is 0.318. The molecule has 1 amide bonds. The Balaban J connectivity index is 1.44. The molecule has 1 fully saturated rings. The number of carbonyl (C=O) groups excluding carboxylic acids is 1. The average molecular weight is 393 g/mol. The van der Waals surface area contributed by atoms with Crippen LogP contribution >= 0.6 is 0 Å². The summed E-state index contributed by atoms with van der Waals surface area (Å²) in [5, 5.41) is 18.3. The van der Waals surface area contributed by atoms with Crippen LogP contribution < -0.4 is 10.3 Å². The van der Waals surface area contributed by atoms with Gasteiger partial charge in [-0.2, -0.15) is 5.10 Å². The highest BCUT2D eigenvalue weighted by atomic mass is 16.5. The summed E-state index contributed by atoms with van der Waals surface area (Å²) in [6, 6.07) is 18.0. The van der Waals surface area contributed by atoms with E-state index < -0.39 is 12.0 Å². The van der Waals surface area contributed by atoms with Crippen LogP contribution in [0.2, 0.25) is 0 Å². The van der Waals surface area contributed by atoms with E-state index in [2.05, 4.69) is 10.4 Å². The zero-order valence-corrected chi connectivity index (χ0v) is 15.9. The van der Waals surface area contributed by atoms with Gasteiger partial charge in [0.1, 0.15) is 5.71 Å². The summed E-state index contributed by atoms with van der Waals surface area (Å²) >= 11 is 0. The zero-order valence-electron chi connectivity index (χ0n) is 15.9. The summed E-state index contributed by atoms with van der Waals surface area (Å²) in [7, 11) is 0. The number of rotatable bonds is 5. The third-order valence-corrected chi connectivity index (χ3v) is 5.27. The van der Waals surface area contributed by atoms with Crippen LogP contribution in [0.4, 0.5) is 5.69 Å². The molecule has 2 N–H and O–H groups in total. The van der Waals surface area contributed by atoms with Crippen LogP contribution in [0.3, 0.4) is 0 Å². The van der Waals surface area contributed by atoms with E-state index in [-0.39, 0.29) is 30.2 Å². The molecular weight excluding hydrogens is 370 g/mol. The second-order valence-corrected chi connectivity index (χ2v) is 7.25. The van der Waals surface area contributed by atoms with Crippen molar-refractivity contribution in [3.05, 3.63) is 66.2 Å². The number of aliphatic carboxylic acids is 1. The lowest BCUT2D eigenvalue weighted by Gasteiger charge is -2.30. The van der Waals surface area contributed by atoms with E-state index in [9.17, 15) is 14.7 Å². The molecule has 2 aliphatic rings. The number of benzene rings is 2. The molecular formula is C22H23N3O4. The normalized spacial score (nSPS) is 24.1. The molecule has 29 heavy (non-hydrogen) atoms. The van der Waals surface area contributed by atoms with Gasteiger partial charge in [-0.3, -0.25) is 9.80 Å². The molecule has 7 nitrogen and oxygen atoms in total. The van der Waals surface area contributed by atoms with E-state index in [0.717, 1.165) is 5.56 Å². The van der Waals surface area contributed by atoms with Crippen molar-refractivity contribution in [2.45, 2.75) is 37.5 Å². The Bertz CT molecular complexity index is 901. The van der Waals surface area contributed by atoms with Gasteiger partial charge in [-0.1, -0.05) is 48.5 Å². The van der Waals surface area contributed by atoms with E-state index in [4.69, 9.17) is 4.74 Å². The lowest BCUT2D eigenvalue weighted by atomic mass is 9.97. The van der Waals surface area contributed by atoms with Gasteiger partial charge in [-0.05, 0) is 30.5 Å². The maximum Gasteiger partial charge on any atom is 0.328 e. The van der Waals surface area contributed by atoms with Crippen molar-refractivity contribution in [3.8, 4) is 0 Å². The van der Waals surface area contributed by atoms with Crippen LogP contribution in [0.15, 0.2) is 65.8 Å². The predicted octanol–water partition coefficient (Wildman–Crippen LogP) is 2.74. The van der Waals surface area contributed by atoms with Crippen molar-refractivity contribution in [2.75, 3.05) is 11.6 Å². The third-order valence-electron chi connectivity index (χ3n) is 5.27. The molecule has 150 valence electrons. The first kappa shape index (κ1) is 19.1. The predicted molar refractivity (Wildman–Crippen MR) is 109 cm³/mol. The van der Waals surface area contributed by atoms with Crippen LogP contribution in [0, 0.1) is 0 Å². The number of hydrogen-bond donors (Lipinski definition) is 2. The Kier molecular flexibility index (Phi) is 5.57. The van der Waals surface area contributed by atoms with Gasteiger partial charge >= 0.3 is 5.97 Å². The molecule has 2 aromatic carbocycles. The maximum atomic E-state index is 12.8. The zero-order chi connectivity index (χ0) is 20.2. The third kappa shape index (κ3) is 4.30. The molecule has 0 aromatic heterocycles. The number of ether oxygens (including phenoxy) is 1. The first-order valence-corrected chi connectivity index (χ1v) is 9.74. The largest absolute Gasteiger partial charge is 0.480 e. The Morgan fingerprint density at radius 3 is 2.45 bits per heavy atom. The highest BCUT2D eigenvalue weighted by Crippen LogP contribution is 2.29. The summed E-state index contributed by atoms with van der Waals surface area (Å²) < 4.78 is 5.86. The second kappa shape index (κ2) is 8.45. The van der Waals surface area contributed by atoms with E-state index in [1.165, 1.54) is 5.01 Å². The molecule has 0 spiro atoms. The van der Waals surface area contributed by atoms with Crippen molar-refractivity contribution < 1.29 is 19.4 Å². The summed E-state index contributed by atoms with van der Waals surface area (Å²) in [4.78, 5) is 24.5. The van der Waals surface area contributed by atoms with Gasteiger partial charge in [0.15, 0.2) is 6.04 Å². The van der Waals surface area contributed by atoms with Crippen molar-refractivity contribution in [1.29, 1.82) is 0 Å². The Morgan fingerprint density at radius 2 is 1.76 bits per heavy atom. The number of hydrogen-bond acceptors (Lipinski definition) is 5. The van der Waals surface area contributed by atoms with E-state index in [0.29, 0.717) is 25.1 Å².